The molecule has 0 unspecified atom stereocenters. The maximum atomic E-state index is 13.4. The van der Waals surface area contributed by atoms with Crippen LogP contribution in [0, 0.1) is 5.41 Å². The molecule has 0 N–H and O–H groups in total. The monoisotopic (exact) mass is 451 g/mol. The van der Waals surface area contributed by atoms with E-state index in [1.807, 2.05) is 72.8 Å². The highest BCUT2D eigenvalue weighted by molar-refractivity contribution is 5.84. The summed E-state index contributed by atoms with van der Waals surface area (Å²) in [5, 5.41) is 5.94. The molecule has 0 radical (unpaired) electrons. The Hall–Kier alpha value is -4.19. The third kappa shape index (κ3) is 4.48. The Bertz CT molecular complexity index is 1540. The molecule has 0 bridgehead atoms. The molecule has 0 aliphatic carbocycles. The van der Waals surface area contributed by atoms with E-state index < -0.39 is 0 Å². The fraction of sp³-hybridized carbons (Fsp3) is 0.179. The summed E-state index contributed by atoms with van der Waals surface area (Å²) in [6.45, 7) is 6.96. The van der Waals surface area contributed by atoms with Crippen molar-refractivity contribution in [1.82, 2.24) is 9.66 Å². The maximum absolute atomic E-state index is 13.4. The fourth-order valence-electron chi connectivity index (χ4n) is 3.59. The van der Waals surface area contributed by atoms with Crippen LogP contribution in [-0.2, 0) is 0 Å². The van der Waals surface area contributed by atoms with Gasteiger partial charge in [-0.3, -0.25) is 4.79 Å². The summed E-state index contributed by atoms with van der Waals surface area (Å²) in [5.41, 5.74) is 1.90. The van der Waals surface area contributed by atoms with Gasteiger partial charge in [-0.05, 0) is 47.4 Å². The second-order valence-corrected chi connectivity index (χ2v) is 9.38. The average molecular weight is 452 g/mol. The molecule has 6 heteroatoms. The van der Waals surface area contributed by atoms with Crippen molar-refractivity contribution in [2.24, 2.45) is 10.5 Å². The predicted octanol–water partition coefficient (Wildman–Crippen LogP) is 6.12. The Labute approximate surface area is 197 Å². The van der Waals surface area contributed by atoms with Crippen LogP contribution >= 0.6 is 0 Å². The van der Waals surface area contributed by atoms with Gasteiger partial charge in [0.15, 0.2) is 5.76 Å². The molecule has 0 saturated carbocycles. The lowest BCUT2D eigenvalue weighted by molar-refractivity contribution is 0.198. The van der Waals surface area contributed by atoms with Gasteiger partial charge in [-0.15, -0.1) is 0 Å². The van der Waals surface area contributed by atoms with Crippen molar-refractivity contribution >= 4 is 28.1 Å². The number of hydrogen-bond acceptors (Lipinski definition) is 5. The topological polar surface area (TPSA) is 69.6 Å². The maximum Gasteiger partial charge on any atom is 0.282 e. The quantitative estimate of drug-likeness (QED) is 0.302. The molecule has 0 spiro atoms. The van der Waals surface area contributed by atoms with Gasteiger partial charge in [0.1, 0.15) is 11.3 Å². The van der Waals surface area contributed by atoms with E-state index in [0.717, 1.165) is 22.3 Å². The molecule has 5 rings (SSSR count). The normalized spacial score (nSPS) is 12.1. The summed E-state index contributed by atoms with van der Waals surface area (Å²) in [6, 6.07) is 24.4. The van der Waals surface area contributed by atoms with Crippen LogP contribution in [0.4, 0.5) is 0 Å². The Kier molecular flexibility index (Phi) is 5.49. The van der Waals surface area contributed by atoms with Crippen molar-refractivity contribution in [1.29, 1.82) is 0 Å². The summed E-state index contributed by atoms with van der Waals surface area (Å²) in [7, 11) is 0. The van der Waals surface area contributed by atoms with E-state index >= 15 is 0 Å². The van der Waals surface area contributed by atoms with E-state index in [9.17, 15) is 4.79 Å². The van der Waals surface area contributed by atoms with Crippen LogP contribution in [0.3, 0.4) is 0 Å². The first-order chi connectivity index (χ1) is 16.4. The zero-order valence-corrected chi connectivity index (χ0v) is 19.4. The van der Waals surface area contributed by atoms with Gasteiger partial charge < -0.3 is 9.15 Å². The predicted molar refractivity (Wildman–Crippen MR) is 136 cm³/mol. The lowest BCUT2D eigenvalue weighted by Crippen LogP contribution is -2.20. The average Bonchev–Trinajstić information content (AvgIpc) is 3.26. The summed E-state index contributed by atoms with van der Waals surface area (Å²) < 4.78 is 13.2. The molecule has 0 aliphatic heterocycles. The first-order valence-corrected chi connectivity index (χ1v) is 11.2. The summed E-state index contributed by atoms with van der Waals surface area (Å²) >= 11 is 0. The molecule has 2 aromatic heterocycles. The number of rotatable bonds is 5. The number of nitrogens with zero attached hydrogens (tertiary/aromatic N) is 3. The molecule has 34 heavy (non-hydrogen) atoms. The molecule has 170 valence electrons. The van der Waals surface area contributed by atoms with E-state index in [2.05, 4.69) is 25.9 Å². The summed E-state index contributed by atoms with van der Waals surface area (Å²) in [4.78, 5) is 18.1. The van der Waals surface area contributed by atoms with Crippen LogP contribution < -0.4 is 10.3 Å². The molecule has 3 aromatic carbocycles. The summed E-state index contributed by atoms with van der Waals surface area (Å²) in [5.74, 6) is 1.57. The van der Waals surface area contributed by atoms with E-state index in [4.69, 9.17) is 14.1 Å². The SMILES string of the molecule is CC(C)(C)COc1cccc(C=Nn2c(-c3cc4ccccc4o3)nc3ccccc3c2=O)c1. The van der Waals surface area contributed by atoms with Crippen LogP contribution in [0.15, 0.2) is 93.2 Å². The third-order valence-corrected chi connectivity index (χ3v) is 5.25. The number of furan rings is 1. The van der Waals surface area contributed by atoms with Crippen molar-refractivity contribution in [2.45, 2.75) is 20.8 Å². The van der Waals surface area contributed by atoms with Gasteiger partial charge in [-0.2, -0.15) is 9.78 Å². The van der Waals surface area contributed by atoms with Crippen molar-refractivity contribution < 1.29 is 9.15 Å². The van der Waals surface area contributed by atoms with E-state index in [0.29, 0.717) is 29.1 Å². The highest BCUT2D eigenvalue weighted by Crippen LogP contribution is 2.27. The van der Waals surface area contributed by atoms with Crippen molar-refractivity contribution in [3.63, 3.8) is 0 Å². The zero-order valence-electron chi connectivity index (χ0n) is 19.4. The van der Waals surface area contributed by atoms with Gasteiger partial charge in [-0.25, -0.2) is 4.98 Å². The minimum Gasteiger partial charge on any atom is -0.493 e. The second kappa shape index (κ2) is 8.63. The Morgan fingerprint density at radius 3 is 2.62 bits per heavy atom. The summed E-state index contributed by atoms with van der Waals surface area (Å²) in [6.07, 6.45) is 1.63. The molecule has 0 amide bonds. The van der Waals surface area contributed by atoms with Gasteiger partial charge in [0.25, 0.3) is 5.56 Å². The molecule has 0 saturated heterocycles. The molecular formula is C28H25N3O3. The molecule has 0 fully saturated rings. The van der Waals surface area contributed by atoms with Crippen molar-refractivity contribution in [3.8, 4) is 17.3 Å². The Morgan fingerprint density at radius 2 is 1.79 bits per heavy atom. The van der Waals surface area contributed by atoms with Gasteiger partial charge in [0, 0.05) is 5.39 Å². The van der Waals surface area contributed by atoms with Crippen molar-refractivity contribution in [3.05, 3.63) is 94.8 Å². The van der Waals surface area contributed by atoms with Gasteiger partial charge in [-0.1, -0.05) is 63.2 Å². The molecular weight excluding hydrogens is 426 g/mol. The van der Waals surface area contributed by atoms with Crippen LogP contribution in [-0.4, -0.2) is 22.5 Å². The fourth-order valence-corrected chi connectivity index (χ4v) is 3.59. The number of benzene rings is 3. The van der Waals surface area contributed by atoms with Crippen LogP contribution in [0.2, 0.25) is 0 Å². The largest absolute Gasteiger partial charge is 0.493 e. The standard InChI is InChI=1S/C28H25N3O3/c1-28(2,3)18-33-21-11-8-9-19(15-21)17-29-31-26(25-16-20-10-4-7-14-24(20)34-25)30-23-13-6-5-12-22(23)27(31)32/h4-17H,18H2,1-3H3. The number of para-hydroxylation sites is 2. The van der Waals surface area contributed by atoms with Crippen LogP contribution in [0.5, 0.6) is 5.75 Å². The molecule has 2 heterocycles. The lowest BCUT2D eigenvalue weighted by Gasteiger charge is -2.18. The molecule has 0 atom stereocenters. The number of aromatic nitrogens is 2. The third-order valence-electron chi connectivity index (χ3n) is 5.25. The molecule has 0 aliphatic rings. The van der Waals surface area contributed by atoms with Gasteiger partial charge in [0.2, 0.25) is 5.82 Å². The number of fused-ring (bicyclic) bond motifs is 2. The first-order valence-electron chi connectivity index (χ1n) is 11.2. The molecule has 6 nitrogen and oxygen atoms in total. The van der Waals surface area contributed by atoms with E-state index in [1.165, 1.54) is 4.68 Å². The second-order valence-electron chi connectivity index (χ2n) is 9.38. The van der Waals surface area contributed by atoms with Crippen LogP contribution in [0.1, 0.15) is 26.3 Å². The lowest BCUT2D eigenvalue weighted by atomic mass is 9.99. The van der Waals surface area contributed by atoms with Crippen molar-refractivity contribution in [2.75, 3.05) is 6.61 Å². The highest BCUT2D eigenvalue weighted by atomic mass is 16.5. The first kappa shape index (κ1) is 21.6. The smallest absolute Gasteiger partial charge is 0.282 e. The molecule has 5 aromatic rings. The highest BCUT2D eigenvalue weighted by Gasteiger charge is 2.16. The Morgan fingerprint density at radius 1 is 1.00 bits per heavy atom. The zero-order chi connectivity index (χ0) is 23.7. The Balaban J connectivity index is 1.59. The minimum absolute atomic E-state index is 0.0512. The van der Waals surface area contributed by atoms with E-state index in [-0.39, 0.29) is 11.0 Å². The van der Waals surface area contributed by atoms with Crippen LogP contribution in [0.25, 0.3) is 33.5 Å². The number of ether oxygens (including phenoxy) is 1. The van der Waals surface area contributed by atoms with E-state index in [1.54, 1.807) is 12.3 Å². The minimum atomic E-state index is -0.266. The number of hydrogen-bond donors (Lipinski definition) is 0. The van der Waals surface area contributed by atoms with Gasteiger partial charge in [0.05, 0.1) is 23.7 Å². The van der Waals surface area contributed by atoms with Gasteiger partial charge >= 0.3 is 0 Å².